The highest BCUT2D eigenvalue weighted by molar-refractivity contribution is 9.10. The lowest BCUT2D eigenvalue weighted by Gasteiger charge is -2.22. The van der Waals surface area contributed by atoms with Crippen molar-refractivity contribution in [3.63, 3.8) is 0 Å². The number of nitrogens with one attached hydrogen (secondary N) is 1. The standard InChI is InChI=1S/C22H24BrN3O3/c1-14-7-6-8-15(2)21(14)24-19(27)13-25(3)22(29)16-11-20(28)26(12-16)18-10-5-4-9-17(18)23/h4-10,16H,11-13H2,1-3H3,(H,24,27). The predicted octanol–water partition coefficient (Wildman–Crippen LogP) is 3.52. The molecule has 1 aliphatic heterocycles. The first-order valence-electron chi connectivity index (χ1n) is 9.44. The maximum absolute atomic E-state index is 12.8. The Balaban J connectivity index is 1.62. The van der Waals surface area contributed by atoms with Crippen molar-refractivity contribution in [1.82, 2.24) is 4.90 Å². The third-order valence-corrected chi connectivity index (χ3v) is 5.79. The summed E-state index contributed by atoms with van der Waals surface area (Å²) in [5.74, 6) is -1.02. The van der Waals surface area contributed by atoms with Gasteiger partial charge in [0.15, 0.2) is 0 Å². The molecule has 3 amide bonds. The molecule has 0 aliphatic carbocycles. The number of benzene rings is 2. The SMILES string of the molecule is Cc1cccc(C)c1NC(=O)CN(C)C(=O)C1CC(=O)N(c2ccccc2Br)C1. The molecule has 29 heavy (non-hydrogen) atoms. The number of hydrogen-bond acceptors (Lipinski definition) is 3. The first kappa shape index (κ1) is 21.0. The molecule has 3 rings (SSSR count). The molecule has 152 valence electrons. The molecule has 7 heteroatoms. The topological polar surface area (TPSA) is 69.7 Å². The highest BCUT2D eigenvalue weighted by Gasteiger charge is 2.37. The van der Waals surface area contributed by atoms with Crippen molar-refractivity contribution in [2.45, 2.75) is 20.3 Å². The Morgan fingerprint density at radius 1 is 1.14 bits per heavy atom. The number of hydrogen-bond donors (Lipinski definition) is 1. The minimum atomic E-state index is -0.465. The van der Waals surface area contributed by atoms with Crippen LogP contribution in [0, 0.1) is 19.8 Å². The van der Waals surface area contributed by atoms with Crippen molar-refractivity contribution in [1.29, 1.82) is 0 Å². The molecule has 1 fully saturated rings. The molecule has 2 aromatic carbocycles. The number of halogens is 1. The minimum Gasteiger partial charge on any atom is -0.336 e. The van der Waals surface area contributed by atoms with E-state index in [-0.39, 0.29) is 30.7 Å². The number of nitrogens with zero attached hydrogens (tertiary/aromatic N) is 2. The van der Waals surface area contributed by atoms with E-state index in [0.717, 1.165) is 27.0 Å². The quantitative estimate of drug-likeness (QED) is 0.746. The molecule has 0 spiro atoms. The van der Waals surface area contributed by atoms with Gasteiger partial charge in [0, 0.05) is 30.2 Å². The summed E-state index contributed by atoms with van der Waals surface area (Å²) in [6.45, 7) is 4.10. The van der Waals surface area contributed by atoms with Crippen molar-refractivity contribution >= 4 is 45.0 Å². The summed E-state index contributed by atoms with van der Waals surface area (Å²) in [6.07, 6.45) is 0.142. The zero-order chi connectivity index (χ0) is 21.1. The van der Waals surface area contributed by atoms with E-state index in [0.29, 0.717) is 6.54 Å². The smallest absolute Gasteiger partial charge is 0.243 e. The lowest BCUT2D eigenvalue weighted by Crippen LogP contribution is -2.39. The number of aryl methyl sites for hydroxylation is 2. The summed E-state index contributed by atoms with van der Waals surface area (Å²) in [4.78, 5) is 40.8. The molecule has 1 unspecified atom stereocenters. The van der Waals surface area contributed by atoms with Crippen LogP contribution in [0.25, 0.3) is 0 Å². The third kappa shape index (κ3) is 4.67. The van der Waals surface area contributed by atoms with Gasteiger partial charge in [-0.3, -0.25) is 14.4 Å². The van der Waals surface area contributed by atoms with Gasteiger partial charge in [-0.1, -0.05) is 30.3 Å². The first-order valence-corrected chi connectivity index (χ1v) is 10.2. The van der Waals surface area contributed by atoms with Gasteiger partial charge >= 0.3 is 0 Å². The first-order chi connectivity index (χ1) is 13.8. The molecular weight excluding hydrogens is 434 g/mol. The van der Waals surface area contributed by atoms with E-state index in [2.05, 4.69) is 21.2 Å². The number of anilines is 2. The Kier molecular flexibility index (Phi) is 6.37. The van der Waals surface area contributed by atoms with E-state index in [1.54, 1.807) is 11.9 Å². The van der Waals surface area contributed by atoms with Gasteiger partial charge in [-0.15, -0.1) is 0 Å². The second-order valence-electron chi connectivity index (χ2n) is 7.37. The Morgan fingerprint density at radius 2 is 1.79 bits per heavy atom. The Morgan fingerprint density at radius 3 is 2.45 bits per heavy atom. The molecule has 1 heterocycles. The van der Waals surface area contributed by atoms with Gasteiger partial charge in [-0.25, -0.2) is 0 Å². The Bertz CT molecular complexity index is 940. The fourth-order valence-electron chi connectivity index (χ4n) is 3.57. The van der Waals surface area contributed by atoms with Gasteiger partial charge in [-0.05, 0) is 53.0 Å². The average Bonchev–Trinajstić information content (AvgIpc) is 3.06. The van der Waals surface area contributed by atoms with Crippen LogP contribution in [-0.2, 0) is 14.4 Å². The summed E-state index contributed by atoms with van der Waals surface area (Å²) in [5, 5.41) is 2.89. The second kappa shape index (κ2) is 8.78. The zero-order valence-electron chi connectivity index (χ0n) is 16.7. The van der Waals surface area contributed by atoms with Crippen LogP contribution in [0.1, 0.15) is 17.5 Å². The van der Waals surface area contributed by atoms with Crippen molar-refractivity contribution in [2.24, 2.45) is 5.92 Å². The van der Waals surface area contributed by atoms with Crippen LogP contribution >= 0.6 is 15.9 Å². The summed E-state index contributed by atoms with van der Waals surface area (Å²) in [6, 6.07) is 13.2. The van der Waals surface area contributed by atoms with Crippen LogP contribution < -0.4 is 10.2 Å². The number of amides is 3. The fourth-order valence-corrected chi connectivity index (χ4v) is 4.07. The molecule has 0 bridgehead atoms. The minimum absolute atomic E-state index is 0.0632. The average molecular weight is 458 g/mol. The molecule has 0 radical (unpaired) electrons. The van der Waals surface area contributed by atoms with E-state index in [4.69, 9.17) is 0 Å². The van der Waals surface area contributed by atoms with Crippen molar-refractivity contribution < 1.29 is 14.4 Å². The number of carbonyl (C=O) groups excluding carboxylic acids is 3. The van der Waals surface area contributed by atoms with Gasteiger partial charge in [0.2, 0.25) is 17.7 Å². The number of carbonyl (C=O) groups is 3. The summed E-state index contributed by atoms with van der Waals surface area (Å²) in [5.41, 5.74) is 3.47. The normalized spacial score (nSPS) is 16.1. The summed E-state index contributed by atoms with van der Waals surface area (Å²) < 4.78 is 0.808. The van der Waals surface area contributed by atoms with E-state index < -0.39 is 5.92 Å². The number of para-hydroxylation sites is 2. The monoisotopic (exact) mass is 457 g/mol. The van der Waals surface area contributed by atoms with Gasteiger partial charge in [-0.2, -0.15) is 0 Å². The maximum Gasteiger partial charge on any atom is 0.243 e. The van der Waals surface area contributed by atoms with E-state index in [1.807, 2.05) is 56.3 Å². The molecule has 2 aromatic rings. The molecular formula is C22H24BrN3O3. The molecule has 1 N–H and O–H groups in total. The van der Waals surface area contributed by atoms with Gasteiger partial charge in [0.25, 0.3) is 0 Å². The van der Waals surface area contributed by atoms with Crippen molar-refractivity contribution in [3.8, 4) is 0 Å². The van der Waals surface area contributed by atoms with Gasteiger partial charge in [0.05, 0.1) is 18.2 Å². The highest BCUT2D eigenvalue weighted by Crippen LogP contribution is 2.31. The molecule has 1 atom stereocenters. The van der Waals surface area contributed by atoms with Crippen LogP contribution in [0.2, 0.25) is 0 Å². The second-order valence-corrected chi connectivity index (χ2v) is 8.22. The Labute approximate surface area is 179 Å². The molecule has 6 nitrogen and oxygen atoms in total. The number of likely N-dealkylation sites (N-methyl/N-ethyl adjacent to an activating group) is 1. The third-order valence-electron chi connectivity index (χ3n) is 5.12. The van der Waals surface area contributed by atoms with Crippen LogP contribution in [0.5, 0.6) is 0 Å². The number of rotatable bonds is 5. The van der Waals surface area contributed by atoms with Crippen LogP contribution in [-0.4, -0.2) is 42.8 Å². The molecule has 1 aliphatic rings. The van der Waals surface area contributed by atoms with Crippen LogP contribution in [0.15, 0.2) is 46.9 Å². The van der Waals surface area contributed by atoms with Crippen LogP contribution in [0.4, 0.5) is 11.4 Å². The van der Waals surface area contributed by atoms with E-state index in [9.17, 15) is 14.4 Å². The van der Waals surface area contributed by atoms with Gasteiger partial charge in [0.1, 0.15) is 0 Å². The molecule has 0 saturated carbocycles. The van der Waals surface area contributed by atoms with Crippen LogP contribution in [0.3, 0.4) is 0 Å². The molecule has 1 saturated heterocycles. The zero-order valence-corrected chi connectivity index (χ0v) is 18.3. The lowest BCUT2D eigenvalue weighted by molar-refractivity contribution is -0.137. The highest BCUT2D eigenvalue weighted by atomic mass is 79.9. The Hall–Kier alpha value is -2.67. The maximum atomic E-state index is 12.8. The lowest BCUT2D eigenvalue weighted by atomic mass is 10.1. The van der Waals surface area contributed by atoms with Crippen molar-refractivity contribution in [2.75, 3.05) is 30.4 Å². The van der Waals surface area contributed by atoms with Crippen molar-refractivity contribution in [3.05, 3.63) is 58.1 Å². The largest absolute Gasteiger partial charge is 0.336 e. The van der Waals surface area contributed by atoms with E-state index in [1.165, 1.54) is 4.90 Å². The van der Waals surface area contributed by atoms with Gasteiger partial charge < -0.3 is 15.1 Å². The van der Waals surface area contributed by atoms with E-state index >= 15 is 0 Å². The molecule has 0 aromatic heterocycles. The fraction of sp³-hybridized carbons (Fsp3) is 0.318. The summed E-state index contributed by atoms with van der Waals surface area (Å²) >= 11 is 3.45. The summed E-state index contributed by atoms with van der Waals surface area (Å²) in [7, 11) is 1.60. The predicted molar refractivity (Wildman–Crippen MR) is 117 cm³/mol.